The lowest BCUT2D eigenvalue weighted by molar-refractivity contribution is 0.208. The second-order valence-corrected chi connectivity index (χ2v) is 6.79. The molecule has 0 saturated carbocycles. The van der Waals surface area contributed by atoms with Crippen molar-refractivity contribution in [1.82, 2.24) is 14.9 Å². The first-order valence-corrected chi connectivity index (χ1v) is 8.51. The van der Waals surface area contributed by atoms with Crippen molar-refractivity contribution in [1.29, 1.82) is 0 Å². The summed E-state index contributed by atoms with van der Waals surface area (Å²) in [5, 5.41) is 3.48. The molecule has 1 aliphatic heterocycles. The number of benzene rings is 1. The predicted octanol–water partition coefficient (Wildman–Crippen LogP) is 3.62. The van der Waals surface area contributed by atoms with E-state index >= 15 is 0 Å². The molecule has 1 unspecified atom stereocenters. The van der Waals surface area contributed by atoms with Gasteiger partial charge in [-0.25, -0.2) is 9.97 Å². The highest BCUT2D eigenvalue weighted by Crippen LogP contribution is 2.18. The SMILES string of the molecule is Cc1ccnc(NC2CCCN(Cc3cccc(Br)c3)C2)n1. The lowest BCUT2D eigenvalue weighted by Gasteiger charge is -2.33. The molecule has 4 nitrogen and oxygen atoms in total. The third kappa shape index (κ3) is 4.27. The zero-order valence-corrected chi connectivity index (χ0v) is 14.4. The summed E-state index contributed by atoms with van der Waals surface area (Å²) in [5.41, 5.74) is 2.35. The number of anilines is 1. The maximum atomic E-state index is 4.44. The molecule has 0 aliphatic carbocycles. The summed E-state index contributed by atoms with van der Waals surface area (Å²) < 4.78 is 1.14. The topological polar surface area (TPSA) is 41.1 Å². The van der Waals surface area contributed by atoms with Gasteiger partial charge in [0.2, 0.25) is 5.95 Å². The molecule has 2 aromatic rings. The molecule has 0 amide bonds. The number of halogens is 1. The van der Waals surface area contributed by atoms with E-state index in [2.05, 4.69) is 60.4 Å². The minimum Gasteiger partial charge on any atom is -0.350 e. The van der Waals surface area contributed by atoms with Crippen LogP contribution >= 0.6 is 15.9 Å². The number of piperidine rings is 1. The fraction of sp³-hybridized carbons (Fsp3) is 0.412. The van der Waals surface area contributed by atoms with Gasteiger partial charge < -0.3 is 5.32 Å². The Bertz CT molecular complexity index is 578. The largest absolute Gasteiger partial charge is 0.350 e. The Morgan fingerprint density at radius 1 is 1.36 bits per heavy atom. The minimum absolute atomic E-state index is 0.419. The average molecular weight is 361 g/mol. The smallest absolute Gasteiger partial charge is 0.223 e. The van der Waals surface area contributed by atoms with E-state index in [9.17, 15) is 0 Å². The summed E-state index contributed by atoms with van der Waals surface area (Å²) >= 11 is 3.54. The summed E-state index contributed by atoms with van der Waals surface area (Å²) in [6.07, 6.45) is 4.19. The molecule has 116 valence electrons. The molecule has 22 heavy (non-hydrogen) atoms. The van der Waals surface area contributed by atoms with Gasteiger partial charge in [-0.2, -0.15) is 0 Å². The summed E-state index contributed by atoms with van der Waals surface area (Å²) in [6, 6.07) is 10.9. The zero-order chi connectivity index (χ0) is 15.4. The van der Waals surface area contributed by atoms with E-state index in [0.717, 1.165) is 35.7 Å². The Morgan fingerprint density at radius 3 is 3.09 bits per heavy atom. The van der Waals surface area contributed by atoms with Crippen LogP contribution in [0.5, 0.6) is 0 Å². The van der Waals surface area contributed by atoms with Crippen LogP contribution in [0, 0.1) is 6.92 Å². The standard InChI is InChI=1S/C17H21BrN4/c1-13-7-8-19-17(20-13)21-16-6-3-9-22(12-16)11-14-4-2-5-15(18)10-14/h2,4-5,7-8,10,16H,3,6,9,11-12H2,1H3,(H,19,20,21). The van der Waals surface area contributed by atoms with E-state index in [1.165, 1.54) is 18.4 Å². The fourth-order valence-corrected chi connectivity index (χ4v) is 3.36. The number of hydrogen-bond donors (Lipinski definition) is 1. The van der Waals surface area contributed by atoms with Crippen molar-refractivity contribution in [2.75, 3.05) is 18.4 Å². The van der Waals surface area contributed by atoms with E-state index in [1.54, 1.807) is 0 Å². The van der Waals surface area contributed by atoms with Crippen LogP contribution in [0.25, 0.3) is 0 Å². The van der Waals surface area contributed by atoms with Crippen molar-refractivity contribution in [2.45, 2.75) is 32.4 Å². The molecule has 0 bridgehead atoms. The van der Waals surface area contributed by atoms with Crippen molar-refractivity contribution < 1.29 is 0 Å². The third-order valence-corrected chi connectivity index (χ3v) is 4.42. The van der Waals surface area contributed by atoms with E-state index in [1.807, 2.05) is 19.2 Å². The molecule has 3 rings (SSSR count). The van der Waals surface area contributed by atoms with Crippen molar-refractivity contribution in [3.63, 3.8) is 0 Å². The Labute approximate surface area is 140 Å². The van der Waals surface area contributed by atoms with Gasteiger partial charge in [0.1, 0.15) is 0 Å². The summed E-state index contributed by atoms with van der Waals surface area (Å²) in [5.74, 6) is 0.745. The first-order chi connectivity index (χ1) is 10.7. The maximum Gasteiger partial charge on any atom is 0.223 e. The van der Waals surface area contributed by atoms with Crippen LogP contribution in [0.3, 0.4) is 0 Å². The van der Waals surface area contributed by atoms with Crippen LogP contribution in [-0.2, 0) is 6.54 Å². The van der Waals surface area contributed by atoms with Gasteiger partial charge in [0.15, 0.2) is 0 Å². The number of hydrogen-bond acceptors (Lipinski definition) is 4. The molecule has 2 heterocycles. The number of likely N-dealkylation sites (tertiary alicyclic amines) is 1. The number of aryl methyl sites for hydroxylation is 1. The highest BCUT2D eigenvalue weighted by Gasteiger charge is 2.20. The molecule has 0 spiro atoms. The summed E-state index contributed by atoms with van der Waals surface area (Å²) in [4.78, 5) is 11.2. The number of nitrogens with zero attached hydrogens (tertiary/aromatic N) is 3. The Hall–Kier alpha value is -1.46. The molecule has 5 heteroatoms. The monoisotopic (exact) mass is 360 g/mol. The molecule has 1 atom stereocenters. The molecule has 0 radical (unpaired) electrons. The molecular weight excluding hydrogens is 340 g/mol. The van der Waals surface area contributed by atoms with Gasteiger partial charge in [-0.3, -0.25) is 4.90 Å². The second-order valence-electron chi connectivity index (χ2n) is 5.87. The first-order valence-electron chi connectivity index (χ1n) is 7.72. The Kier molecular flexibility index (Phi) is 5.05. The maximum absolute atomic E-state index is 4.44. The van der Waals surface area contributed by atoms with Crippen LogP contribution in [-0.4, -0.2) is 34.0 Å². The van der Waals surface area contributed by atoms with Gasteiger partial charge in [-0.15, -0.1) is 0 Å². The minimum atomic E-state index is 0.419. The molecule has 1 aromatic carbocycles. The van der Waals surface area contributed by atoms with Crippen molar-refractivity contribution in [2.24, 2.45) is 0 Å². The van der Waals surface area contributed by atoms with E-state index in [0.29, 0.717) is 6.04 Å². The molecule has 1 saturated heterocycles. The van der Waals surface area contributed by atoms with Crippen LogP contribution in [0.4, 0.5) is 5.95 Å². The summed E-state index contributed by atoms with van der Waals surface area (Å²) in [7, 11) is 0. The quantitative estimate of drug-likeness (QED) is 0.903. The molecule has 1 N–H and O–H groups in total. The average Bonchev–Trinajstić information content (AvgIpc) is 2.47. The van der Waals surface area contributed by atoms with Gasteiger partial charge in [-0.1, -0.05) is 28.1 Å². The highest BCUT2D eigenvalue weighted by atomic mass is 79.9. The van der Waals surface area contributed by atoms with Gasteiger partial charge in [0.25, 0.3) is 0 Å². The van der Waals surface area contributed by atoms with E-state index < -0.39 is 0 Å². The lowest BCUT2D eigenvalue weighted by Crippen LogP contribution is -2.41. The van der Waals surface area contributed by atoms with Crippen molar-refractivity contribution in [3.8, 4) is 0 Å². The molecule has 1 aliphatic rings. The first kappa shape index (κ1) is 15.4. The number of rotatable bonds is 4. The van der Waals surface area contributed by atoms with Gasteiger partial charge in [-0.05, 0) is 50.1 Å². The predicted molar refractivity (Wildman–Crippen MR) is 92.8 cm³/mol. The van der Waals surface area contributed by atoms with Crippen LogP contribution in [0.2, 0.25) is 0 Å². The van der Waals surface area contributed by atoms with Crippen LogP contribution < -0.4 is 5.32 Å². The molecular formula is C17H21BrN4. The summed E-state index contributed by atoms with van der Waals surface area (Å²) in [6.45, 7) is 5.17. The van der Waals surface area contributed by atoms with Crippen LogP contribution in [0.15, 0.2) is 41.0 Å². The third-order valence-electron chi connectivity index (χ3n) is 3.93. The normalized spacial score (nSPS) is 19.1. The second kappa shape index (κ2) is 7.20. The molecule has 1 aromatic heterocycles. The zero-order valence-electron chi connectivity index (χ0n) is 12.8. The van der Waals surface area contributed by atoms with Gasteiger partial charge in [0, 0.05) is 35.5 Å². The van der Waals surface area contributed by atoms with Gasteiger partial charge >= 0.3 is 0 Å². The van der Waals surface area contributed by atoms with Crippen molar-refractivity contribution in [3.05, 3.63) is 52.3 Å². The fourth-order valence-electron chi connectivity index (χ4n) is 2.91. The Balaban J connectivity index is 1.59. The lowest BCUT2D eigenvalue weighted by atomic mass is 10.0. The van der Waals surface area contributed by atoms with E-state index in [4.69, 9.17) is 0 Å². The number of aromatic nitrogens is 2. The Morgan fingerprint density at radius 2 is 2.27 bits per heavy atom. The number of nitrogens with one attached hydrogen (secondary N) is 1. The highest BCUT2D eigenvalue weighted by molar-refractivity contribution is 9.10. The van der Waals surface area contributed by atoms with Crippen LogP contribution in [0.1, 0.15) is 24.1 Å². The van der Waals surface area contributed by atoms with Gasteiger partial charge in [0.05, 0.1) is 0 Å². The molecule has 1 fully saturated rings. The van der Waals surface area contributed by atoms with E-state index in [-0.39, 0.29) is 0 Å². The van der Waals surface area contributed by atoms with Crippen molar-refractivity contribution >= 4 is 21.9 Å².